The lowest BCUT2D eigenvalue weighted by molar-refractivity contribution is -0.167. The van der Waals surface area contributed by atoms with Gasteiger partial charge >= 0.3 is 17.9 Å². The Morgan fingerprint density at radius 1 is 0.270 bits per heavy atom. The van der Waals surface area contributed by atoms with Crippen LogP contribution >= 0.6 is 0 Å². The second kappa shape index (κ2) is 62.1. The molecule has 0 N–H and O–H groups in total. The van der Waals surface area contributed by atoms with E-state index < -0.39 is 6.10 Å². The second-order valence-electron chi connectivity index (χ2n) is 21.0. The van der Waals surface area contributed by atoms with E-state index in [1.165, 1.54) is 167 Å². The molecule has 0 aliphatic carbocycles. The lowest BCUT2D eigenvalue weighted by Gasteiger charge is -2.18. The summed E-state index contributed by atoms with van der Waals surface area (Å²) in [5, 5.41) is 0. The average Bonchev–Trinajstić information content (AvgIpc) is 3.40. The van der Waals surface area contributed by atoms with E-state index in [9.17, 15) is 14.4 Å². The van der Waals surface area contributed by atoms with Gasteiger partial charge in [-0.3, -0.25) is 14.4 Å². The van der Waals surface area contributed by atoms with Gasteiger partial charge in [-0.2, -0.15) is 0 Å². The molecule has 0 aromatic carbocycles. The van der Waals surface area contributed by atoms with Crippen LogP contribution < -0.4 is 0 Å². The van der Waals surface area contributed by atoms with Crippen molar-refractivity contribution in [3.63, 3.8) is 0 Å². The Morgan fingerprint density at radius 3 is 0.824 bits per heavy atom. The van der Waals surface area contributed by atoms with Crippen LogP contribution in [0.1, 0.15) is 310 Å². The predicted octanol–water partition coefficient (Wildman–Crippen LogP) is 21.5. The van der Waals surface area contributed by atoms with Crippen molar-refractivity contribution < 1.29 is 28.6 Å². The minimum absolute atomic E-state index is 0.0859. The minimum atomic E-state index is -0.790. The van der Waals surface area contributed by atoms with Gasteiger partial charge < -0.3 is 14.2 Å². The van der Waals surface area contributed by atoms with Gasteiger partial charge in [0.1, 0.15) is 13.2 Å². The summed E-state index contributed by atoms with van der Waals surface area (Å²) in [7, 11) is 0. The number of allylic oxidation sites excluding steroid dienone is 14. The molecule has 1 unspecified atom stereocenters. The highest BCUT2D eigenvalue weighted by Crippen LogP contribution is 2.15. The molecule has 0 aliphatic heterocycles. The van der Waals surface area contributed by atoms with E-state index in [0.717, 1.165) is 103 Å². The maximum Gasteiger partial charge on any atom is 0.306 e. The Bertz CT molecular complexity index is 1420. The summed E-state index contributed by atoms with van der Waals surface area (Å²) in [5.74, 6) is -0.902. The van der Waals surface area contributed by atoms with Gasteiger partial charge in [0, 0.05) is 19.3 Å². The normalized spacial score (nSPS) is 12.6. The van der Waals surface area contributed by atoms with Crippen LogP contribution in [-0.4, -0.2) is 37.2 Å². The largest absolute Gasteiger partial charge is 0.462 e. The number of esters is 3. The van der Waals surface area contributed by atoms with Crippen LogP contribution in [0.3, 0.4) is 0 Å². The van der Waals surface area contributed by atoms with Gasteiger partial charge in [0.15, 0.2) is 6.10 Å². The zero-order valence-corrected chi connectivity index (χ0v) is 48.8. The van der Waals surface area contributed by atoms with E-state index in [2.05, 4.69) is 106 Å². The number of carbonyl (C=O) groups is 3. The van der Waals surface area contributed by atoms with Crippen molar-refractivity contribution in [2.45, 2.75) is 316 Å². The van der Waals surface area contributed by atoms with Crippen LogP contribution in [0.25, 0.3) is 0 Å². The number of carbonyl (C=O) groups excluding carboxylic acids is 3. The van der Waals surface area contributed by atoms with Crippen LogP contribution in [0, 0.1) is 0 Å². The quantitative estimate of drug-likeness (QED) is 0.0261. The number of unbranched alkanes of at least 4 members (excludes halogenated alkanes) is 32. The van der Waals surface area contributed by atoms with Gasteiger partial charge in [-0.1, -0.05) is 260 Å². The second-order valence-corrected chi connectivity index (χ2v) is 21.0. The molecule has 0 aliphatic rings. The Hall–Kier alpha value is -3.41. The molecule has 426 valence electrons. The van der Waals surface area contributed by atoms with E-state index in [4.69, 9.17) is 14.2 Å². The summed E-state index contributed by atoms with van der Waals surface area (Å²) in [6, 6.07) is 0. The molecule has 0 aromatic heterocycles. The molecule has 0 fully saturated rings. The number of hydrogen-bond donors (Lipinski definition) is 0. The zero-order valence-electron chi connectivity index (χ0n) is 48.8. The predicted molar refractivity (Wildman–Crippen MR) is 321 cm³/mol. The molecule has 74 heavy (non-hydrogen) atoms. The van der Waals surface area contributed by atoms with Crippen molar-refractivity contribution in [3.05, 3.63) is 85.1 Å². The standard InChI is InChI=1S/C68H118O6/c1-4-7-10-13-16-19-22-25-28-30-31-32-33-34-35-36-37-39-40-43-46-49-52-55-58-61-67(70)73-64-65(63-72-66(69)60-57-54-51-48-45-42-27-24-21-18-15-12-9-6-3)74-68(71)62-59-56-53-50-47-44-41-38-29-26-23-20-17-14-11-8-5-2/h15,17-18,20,22,24-27,29-31,33-34,65H,4-14,16,19,21,23,28,32,35-64H2,1-3H3/b18-15-,20-17-,25-22-,27-24-,29-26-,31-30-,34-33-. The van der Waals surface area contributed by atoms with Crippen molar-refractivity contribution >= 4 is 17.9 Å². The van der Waals surface area contributed by atoms with Crippen molar-refractivity contribution in [2.24, 2.45) is 0 Å². The van der Waals surface area contributed by atoms with Crippen molar-refractivity contribution in [2.75, 3.05) is 13.2 Å². The Balaban J connectivity index is 4.34. The molecule has 0 aromatic rings. The fourth-order valence-corrected chi connectivity index (χ4v) is 8.79. The zero-order chi connectivity index (χ0) is 53.6. The highest BCUT2D eigenvalue weighted by Gasteiger charge is 2.19. The third kappa shape index (κ3) is 59.5. The van der Waals surface area contributed by atoms with E-state index in [0.29, 0.717) is 19.3 Å². The van der Waals surface area contributed by atoms with Crippen molar-refractivity contribution in [1.82, 2.24) is 0 Å². The van der Waals surface area contributed by atoms with Crippen LogP contribution in [0.2, 0.25) is 0 Å². The van der Waals surface area contributed by atoms with Gasteiger partial charge in [0.25, 0.3) is 0 Å². The summed E-state index contributed by atoms with van der Waals surface area (Å²) in [4.78, 5) is 38.3. The first kappa shape index (κ1) is 70.6. The smallest absolute Gasteiger partial charge is 0.306 e. The third-order valence-electron chi connectivity index (χ3n) is 13.6. The van der Waals surface area contributed by atoms with Crippen molar-refractivity contribution in [1.29, 1.82) is 0 Å². The fraction of sp³-hybridized carbons (Fsp3) is 0.750. The van der Waals surface area contributed by atoms with Crippen LogP contribution in [0.15, 0.2) is 85.1 Å². The molecular formula is C68H118O6. The number of rotatable bonds is 57. The molecule has 0 saturated heterocycles. The number of ether oxygens (including phenoxy) is 3. The molecule has 1 atom stereocenters. The minimum Gasteiger partial charge on any atom is -0.462 e. The monoisotopic (exact) mass is 1030 g/mol. The highest BCUT2D eigenvalue weighted by molar-refractivity contribution is 5.71. The summed E-state index contributed by atoms with van der Waals surface area (Å²) in [6.07, 6.45) is 81.5. The van der Waals surface area contributed by atoms with Crippen LogP contribution in [0.4, 0.5) is 0 Å². The van der Waals surface area contributed by atoms with Gasteiger partial charge in [-0.05, 0) is 116 Å². The highest BCUT2D eigenvalue weighted by atomic mass is 16.6. The van der Waals surface area contributed by atoms with Gasteiger partial charge in [0.2, 0.25) is 0 Å². The molecular weight excluding hydrogens is 913 g/mol. The Labute approximate surface area is 458 Å². The molecule has 6 nitrogen and oxygen atoms in total. The maximum absolute atomic E-state index is 12.9. The van der Waals surface area contributed by atoms with E-state index >= 15 is 0 Å². The van der Waals surface area contributed by atoms with E-state index in [1.54, 1.807) is 0 Å². The lowest BCUT2D eigenvalue weighted by atomic mass is 10.1. The molecule has 0 spiro atoms. The first-order valence-corrected chi connectivity index (χ1v) is 31.6. The third-order valence-corrected chi connectivity index (χ3v) is 13.6. The van der Waals surface area contributed by atoms with Crippen LogP contribution in [0.5, 0.6) is 0 Å². The van der Waals surface area contributed by atoms with Crippen LogP contribution in [-0.2, 0) is 28.6 Å². The molecule has 0 rings (SSSR count). The lowest BCUT2D eigenvalue weighted by Crippen LogP contribution is -2.30. The topological polar surface area (TPSA) is 78.9 Å². The van der Waals surface area contributed by atoms with Gasteiger partial charge in [-0.15, -0.1) is 0 Å². The van der Waals surface area contributed by atoms with Crippen molar-refractivity contribution in [3.8, 4) is 0 Å². The molecule has 0 radical (unpaired) electrons. The maximum atomic E-state index is 12.9. The average molecular weight is 1030 g/mol. The summed E-state index contributed by atoms with van der Waals surface area (Å²) in [5.41, 5.74) is 0. The number of hydrogen-bond acceptors (Lipinski definition) is 6. The SMILES string of the molecule is CCCC/C=C\C/C=C\CCCCCCCC(=O)OCC(COC(=O)CCCCCCCCCCCC/C=C\C/C=C\C/C=C\CCCCCCC)OC(=O)CCCCCCCCC/C=C\C/C=C\CCCCC. The molecule has 6 heteroatoms. The summed E-state index contributed by atoms with van der Waals surface area (Å²) >= 11 is 0. The molecule has 0 amide bonds. The fourth-order valence-electron chi connectivity index (χ4n) is 8.79. The molecule has 0 heterocycles. The van der Waals surface area contributed by atoms with E-state index in [1.807, 2.05) is 0 Å². The van der Waals surface area contributed by atoms with E-state index in [-0.39, 0.29) is 31.1 Å². The molecule has 0 bridgehead atoms. The summed E-state index contributed by atoms with van der Waals surface area (Å²) < 4.78 is 16.9. The van der Waals surface area contributed by atoms with Gasteiger partial charge in [-0.25, -0.2) is 0 Å². The Kier molecular flexibility index (Phi) is 59.3. The molecule has 0 saturated carbocycles. The first-order valence-electron chi connectivity index (χ1n) is 31.6. The Morgan fingerprint density at radius 2 is 0.500 bits per heavy atom. The summed E-state index contributed by atoms with van der Waals surface area (Å²) in [6.45, 7) is 6.57. The first-order chi connectivity index (χ1) is 36.5. The van der Waals surface area contributed by atoms with Gasteiger partial charge in [0.05, 0.1) is 0 Å².